The number of para-hydroxylation sites is 2. The first-order valence-corrected chi connectivity index (χ1v) is 9.30. The summed E-state index contributed by atoms with van der Waals surface area (Å²) in [7, 11) is 0. The van der Waals surface area contributed by atoms with Crippen LogP contribution in [0.2, 0.25) is 0 Å². The maximum Gasteiger partial charge on any atom is 0.315 e. The number of imidazole rings is 1. The summed E-state index contributed by atoms with van der Waals surface area (Å²) in [5.74, 6) is 0.570. The van der Waals surface area contributed by atoms with Crippen LogP contribution in [0.3, 0.4) is 0 Å². The largest absolute Gasteiger partial charge is 0.338 e. The van der Waals surface area contributed by atoms with E-state index in [9.17, 15) is 4.79 Å². The highest BCUT2D eigenvalue weighted by Crippen LogP contribution is 2.40. The number of aryl methyl sites for hydroxylation is 1. The third-order valence-corrected chi connectivity index (χ3v) is 4.93. The third-order valence-electron chi connectivity index (χ3n) is 4.93. The molecule has 1 fully saturated rings. The first kappa shape index (κ1) is 16.6. The molecule has 1 atom stereocenters. The van der Waals surface area contributed by atoms with E-state index in [-0.39, 0.29) is 12.1 Å². The Hall–Kier alpha value is -2.82. The summed E-state index contributed by atoms with van der Waals surface area (Å²) in [4.78, 5) is 16.7. The molecule has 0 saturated heterocycles. The van der Waals surface area contributed by atoms with Crippen molar-refractivity contribution < 1.29 is 4.79 Å². The van der Waals surface area contributed by atoms with E-state index in [1.54, 1.807) is 0 Å². The zero-order valence-electron chi connectivity index (χ0n) is 14.8. The van der Waals surface area contributed by atoms with Gasteiger partial charge in [0.1, 0.15) is 0 Å². The van der Waals surface area contributed by atoms with Crippen LogP contribution in [-0.2, 0) is 6.54 Å². The number of amides is 2. The van der Waals surface area contributed by atoms with Gasteiger partial charge in [0.25, 0.3) is 0 Å². The van der Waals surface area contributed by atoms with E-state index >= 15 is 0 Å². The van der Waals surface area contributed by atoms with E-state index in [4.69, 9.17) is 0 Å². The molecule has 0 bridgehead atoms. The molecule has 2 aromatic carbocycles. The number of urea groups is 1. The van der Waals surface area contributed by atoms with E-state index in [0.29, 0.717) is 12.5 Å². The van der Waals surface area contributed by atoms with Gasteiger partial charge in [-0.25, -0.2) is 9.78 Å². The lowest BCUT2D eigenvalue weighted by Gasteiger charge is -2.19. The number of benzene rings is 2. The van der Waals surface area contributed by atoms with Gasteiger partial charge in [-0.2, -0.15) is 0 Å². The van der Waals surface area contributed by atoms with Crippen LogP contribution in [0.5, 0.6) is 0 Å². The molecule has 1 aliphatic rings. The molecular weight excluding hydrogens is 324 g/mol. The first-order chi connectivity index (χ1) is 12.8. The van der Waals surface area contributed by atoms with Crippen molar-refractivity contribution in [2.45, 2.75) is 31.8 Å². The maximum atomic E-state index is 12.3. The number of carbonyl (C=O) groups is 1. The zero-order chi connectivity index (χ0) is 17.8. The van der Waals surface area contributed by atoms with Crippen LogP contribution in [0, 0.1) is 5.92 Å². The number of rotatable bonds is 7. The van der Waals surface area contributed by atoms with Gasteiger partial charge in [0.05, 0.1) is 23.4 Å². The average molecular weight is 348 g/mol. The lowest BCUT2D eigenvalue weighted by molar-refractivity contribution is 0.235. The first-order valence-electron chi connectivity index (χ1n) is 9.30. The normalized spacial score (nSPS) is 14.9. The lowest BCUT2D eigenvalue weighted by Crippen LogP contribution is -2.39. The highest BCUT2D eigenvalue weighted by Gasteiger charge is 2.33. The van der Waals surface area contributed by atoms with Crippen molar-refractivity contribution >= 4 is 17.1 Å². The number of carbonyl (C=O) groups excluding carboxylic acids is 1. The monoisotopic (exact) mass is 348 g/mol. The topological polar surface area (TPSA) is 59.0 Å². The Morgan fingerprint density at radius 1 is 1.12 bits per heavy atom. The lowest BCUT2D eigenvalue weighted by atomic mass is 10.0. The number of nitrogens with zero attached hydrogens (tertiary/aromatic N) is 2. The van der Waals surface area contributed by atoms with E-state index < -0.39 is 0 Å². The van der Waals surface area contributed by atoms with Crippen molar-refractivity contribution in [3.63, 3.8) is 0 Å². The quantitative estimate of drug-likeness (QED) is 0.637. The number of fused-ring (bicyclic) bond motifs is 1. The summed E-state index contributed by atoms with van der Waals surface area (Å²) < 4.78 is 2.13. The van der Waals surface area contributed by atoms with Gasteiger partial charge in [0.15, 0.2) is 0 Å². The van der Waals surface area contributed by atoms with Gasteiger partial charge in [0.2, 0.25) is 0 Å². The SMILES string of the molecule is O=C(NCCCn1cnc2ccccc21)NC(c1ccccc1)C1CC1. The van der Waals surface area contributed by atoms with Crippen molar-refractivity contribution in [1.29, 1.82) is 0 Å². The molecule has 134 valence electrons. The van der Waals surface area contributed by atoms with Gasteiger partial charge in [-0.1, -0.05) is 42.5 Å². The van der Waals surface area contributed by atoms with Crippen LogP contribution in [0.1, 0.15) is 30.9 Å². The predicted molar refractivity (Wildman–Crippen MR) is 103 cm³/mol. The fourth-order valence-corrected chi connectivity index (χ4v) is 3.40. The number of hydrogen-bond donors (Lipinski definition) is 2. The second kappa shape index (κ2) is 7.60. The van der Waals surface area contributed by atoms with E-state index in [0.717, 1.165) is 24.0 Å². The minimum absolute atomic E-state index is 0.0822. The molecule has 5 heteroatoms. The molecule has 5 nitrogen and oxygen atoms in total. The highest BCUT2D eigenvalue weighted by molar-refractivity contribution is 5.75. The minimum atomic E-state index is -0.0822. The average Bonchev–Trinajstić information content (AvgIpc) is 3.44. The second-order valence-electron chi connectivity index (χ2n) is 6.91. The molecule has 3 aromatic rings. The molecule has 0 aliphatic heterocycles. The van der Waals surface area contributed by atoms with Crippen molar-refractivity contribution in [2.24, 2.45) is 5.92 Å². The molecule has 1 aromatic heterocycles. The van der Waals surface area contributed by atoms with Crippen LogP contribution in [-0.4, -0.2) is 22.1 Å². The van der Waals surface area contributed by atoms with Crippen molar-refractivity contribution in [3.05, 3.63) is 66.5 Å². The Kier molecular flexibility index (Phi) is 4.86. The number of aromatic nitrogens is 2. The molecule has 2 N–H and O–H groups in total. The van der Waals surface area contributed by atoms with Crippen LogP contribution in [0.25, 0.3) is 11.0 Å². The Labute approximate surface area is 153 Å². The summed E-state index contributed by atoms with van der Waals surface area (Å²) in [5, 5.41) is 6.14. The van der Waals surface area contributed by atoms with E-state index in [1.165, 1.54) is 18.4 Å². The van der Waals surface area contributed by atoms with E-state index in [1.807, 2.05) is 42.7 Å². The third kappa shape index (κ3) is 3.87. The highest BCUT2D eigenvalue weighted by atomic mass is 16.2. The van der Waals surface area contributed by atoms with Crippen molar-refractivity contribution in [3.8, 4) is 0 Å². The second-order valence-corrected chi connectivity index (χ2v) is 6.91. The summed E-state index contributed by atoms with van der Waals surface area (Å²) in [6.07, 6.45) is 5.11. The molecule has 1 saturated carbocycles. The molecule has 2 amide bonds. The molecular formula is C21H24N4O. The molecule has 0 radical (unpaired) electrons. The molecule has 1 aliphatic carbocycles. The predicted octanol–water partition coefficient (Wildman–Crippen LogP) is 3.88. The smallest absolute Gasteiger partial charge is 0.315 e. The summed E-state index contributed by atoms with van der Waals surface area (Å²) in [6.45, 7) is 1.48. The Balaban J connectivity index is 1.26. The minimum Gasteiger partial charge on any atom is -0.338 e. The maximum absolute atomic E-state index is 12.3. The number of hydrogen-bond acceptors (Lipinski definition) is 2. The van der Waals surface area contributed by atoms with Crippen LogP contribution < -0.4 is 10.6 Å². The fraction of sp³-hybridized carbons (Fsp3) is 0.333. The van der Waals surface area contributed by atoms with E-state index in [2.05, 4.69) is 38.4 Å². The summed E-state index contributed by atoms with van der Waals surface area (Å²) in [5.41, 5.74) is 3.33. The molecule has 4 rings (SSSR count). The van der Waals surface area contributed by atoms with Gasteiger partial charge < -0.3 is 15.2 Å². The van der Waals surface area contributed by atoms with Crippen LogP contribution in [0.4, 0.5) is 4.79 Å². The Bertz CT molecular complexity index is 870. The molecule has 1 heterocycles. The van der Waals surface area contributed by atoms with Crippen LogP contribution in [0.15, 0.2) is 60.9 Å². The Morgan fingerprint density at radius 2 is 1.88 bits per heavy atom. The standard InChI is InChI=1S/C21H24N4O/c26-21(24-20(17-11-12-17)16-7-2-1-3-8-16)22-13-6-14-25-15-23-18-9-4-5-10-19(18)25/h1-5,7-10,15,17,20H,6,11-14H2,(H2,22,24,26). The van der Waals surface area contributed by atoms with Gasteiger partial charge in [-0.15, -0.1) is 0 Å². The summed E-state index contributed by atoms with van der Waals surface area (Å²) >= 11 is 0. The van der Waals surface area contributed by atoms with Gasteiger partial charge in [0, 0.05) is 13.1 Å². The van der Waals surface area contributed by atoms with Crippen molar-refractivity contribution in [1.82, 2.24) is 20.2 Å². The van der Waals surface area contributed by atoms with Crippen molar-refractivity contribution in [2.75, 3.05) is 6.54 Å². The summed E-state index contributed by atoms with van der Waals surface area (Å²) in [6, 6.07) is 18.4. The molecule has 26 heavy (non-hydrogen) atoms. The van der Waals surface area contributed by atoms with Gasteiger partial charge >= 0.3 is 6.03 Å². The van der Waals surface area contributed by atoms with Gasteiger partial charge in [-0.05, 0) is 42.9 Å². The molecule has 1 unspecified atom stereocenters. The zero-order valence-corrected chi connectivity index (χ0v) is 14.8. The van der Waals surface area contributed by atoms with Crippen LogP contribution >= 0.6 is 0 Å². The van der Waals surface area contributed by atoms with Gasteiger partial charge in [-0.3, -0.25) is 0 Å². The Morgan fingerprint density at radius 3 is 2.69 bits per heavy atom. The fourth-order valence-electron chi connectivity index (χ4n) is 3.40. The number of nitrogens with one attached hydrogen (secondary N) is 2. The molecule has 0 spiro atoms.